The molecule has 0 saturated heterocycles. The third-order valence-electron chi connectivity index (χ3n) is 4.00. The van der Waals surface area contributed by atoms with Gasteiger partial charge in [-0.15, -0.1) is 0 Å². The topological polar surface area (TPSA) is 53.1 Å². The van der Waals surface area contributed by atoms with E-state index in [4.69, 9.17) is 11.6 Å². The van der Waals surface area contributed by atoms with Gasteiger partial charge in [-0.05, 0) is 49.9 Å². The largest absolute Gasteiger partial charge is 0.481 e. The molecule has 2 aromatic rings. The molecule has 1 aromatic carbocycles. The highest BCUT2D eigenvalue weighted by Crippen LogP contribution is 2.40. The van der Waals surface area contributed by atoms with Crippen molar-refractivity contribution in [3.63, 3.8) is 0 Å². The molecule has 1 atom stereocenters. The van der Waals surface area contributed by atoms with Crippen LogP contribution in [0.25, 0.3) is 10.9 Å². The minimum absolute atomic E-state index is 0.676. The Morgan fingerprint density at radius 1 is 1.50 bits per heavy atom. The van der Waals surface area contributed by atoms with Crippen molar-refractivity contribution in [3.05, 3.63) is 34.5 Å². The average molecular weight is 264 g/mol. The lowest BCUT2D eigenvalue weighted by molar-refractivity contribution is -0.143. The van der Waals surface area contributed by atoms with Gasteiger partial charge in [-0.2, -0.15) is 0 Å². The van der Waals surface area contributed by atoms with E-state index >= 15 is 0 Å². The third-order valence-corrected chi connectivity index (χ3v) is 4.23. The fourth-order valence-corrected chi connectivity index (χ4v) is 3.08. The van der Waals surface area contributed by atoms with Crippen molar-refractivity contribution >= 4 is 28.5 Å². The van der Waals surface area contributed by atoms with E-state index in [1.165, 1.54) is 0 Å². The predicted octanol–water partition coefficient (Wildman–Crippen LogP) is 3.50. The average Bonchev–Trinajstić information content (AvgIpc) is 2.69. The van der Waals surface area contributed by atoms with E-state index in [1.807, 2.05) is 18.2 Å². The number of carbonyl (C=O) groups is 1. The zero-order valence-electron chi connectivity index (χ0n) is 10.1. The molecule has 0 bridgehead atoms. The smallest absolute Gasteiger partial charge is 0.315 e. The van der Waals surface area contributed by atoms with Crippen molar-refractivity contribution in [2.24, 2.45) is 0 Å². The van der Waals surface area contributed by atoms with Crippen molar-refractivity contribution in [2.45, 2.75) is 31.6 Å². The highest BCUT2D eigenvalue weighted by atomic mass is 35.5. The summed E-state index contributed by atoms with van der Waals surface area (Å²) in [6.07, 6.45) is 2.49. The van der Waals surface area contributed by atoms with Crippen LogP contribution in [0.2, 0.25) is 5.02 Å². The van der Waals surface area contributed by atoms with Crippen molar-refractivity contribution in [2.75, 3.05) is 0 Å². The molecule has 2 N–H and O–H groups in total. The van der Waals surface area contributed by atoms with E-state index in [0.717, 1.165) is 35.0 Å². The first kappa shape index (κ1) is 11.6. The summed E-state index contributed by atoms with van der Waals surface area (Å²) in [5, 5.41) is 11.2. The zero-order valence-corrected chi connectivity index (χ0v) is 10.8. The minimum Gasteiger partial charge on any atom is -0.481 e. The molecule has 4 heteroatoms. The standard InChI is InChI=1S/C14H14ClNO2/c1-14(13(17)18)6-2-3-9-10-7-8(15)4-5-11(10)16-12(9)14/h4-5,7,16H,2-3,6H2,1H3,(H,17,18). The van der Waals surface area contributed by atoms with Crippen LogP contribution in [-0.2, 0) is 16.6 Å². The number of aromatic amines is 1. The van der Waals surface area contributed by atoms with Crippen molar-refractivity contribution in [3.8, 4) is 0 Å². The first-order valence-corrected chi connectivity index (χ1v) is 6.44. The van der Waals surface area contributed by atoms with Crippen LogP contribution in [0.4, 0.5) is 0 Å². The number of nitrogens with one attached hydrogen (secondary N) is 1. The van der Waals surface area contributed by atoms with Crippen LogP contribution in [-0.4, -0.2) is 16.1 Å². The molecule has 1 aromatic heterocycles. The number of rotatable bonds is 1. The maximum Gasteiger partial charge on any atom is 0.315 e. The fraction of sp³-hybridized carbons (Fsp3) is 0.357. The summed E-state index contributed by atoms with van der Waals surface area (Å²) < 4.78 is 0. The summed E-state index contributed by atoms with van der Waals surface area (Å²) >= 11 is 6.02. The summed E-state index contributed by atoms with van der Waals surface area (Å²) in [6, 6.07) is 5.65. The highest BCUT2D eigenvalue weighted by Gasteiger charge is 2.41. The van der Waals surface area contributed by atoms with Crippen LogP contribution in [0.15, 0.2) is 18.2 Å². The van der Waals surface area contributed by atoms with Crippen LogP contribution in [0, 0.1) is 0 Å². The number of fused-ring (bicyclic) bond motifs is 3. The molecule has 0 spiro atoms. The van der Waals surface area contributed by atoms with Gasteiger partial charge < -0.3 is 10.1 Å². The van der Waals surface area contributed by atoms with E-state index in [-0.39, 0.29) is 0 Å². The number of carboxylic acids is 1. The molecule has 0 radical (unpaired) electrons. The number of H-pyrrole nitrogens is 1. The number of hydrogen-bond donors (Lipinski definition) is 2. The number of benzene rings is 1. The van der Waals surface area contributed by atoms with Crippen LogP contribution in [0.1, 0.15) is 31.0 Å². The summed E-state index contributed by atoms with van der Waals surface area (Å²) in [5.41, 5.74) is 2.12. The normalized spacial score (nSPS) is 23.0. The van der Waals surface area contributed by atoms with Crippen LogP contribution < -0.4 is 0 Å². The summed E-state index contributed by atoms with van der Waals surface area (Å²) in [5.74, 6) is -0.763. The molecule has 94 valence electrons. The van der Waals surface area contributed by atoms with Gasteiger partial charge in [0.1, 0.15) is 5.41 Å². The van der Waals surface area contributed by atoms with Crippen molar-refractivity contribution < 1.29 is 9.90 Å². The fourth-order valence-electron chi connectivity index (χ4n) is 2.91. The second-order valence-corrected chi connectivity index (χ2v) is 5.60. The number of hydrogen-bond acceptors (Lipinski definition) is 1. The molecule has 0 saturated carbocycles. The molecule has 0 aliphatic heterocycles. The number of carboxylic acid groups (broad SMARTS) is 1. The lowest BCUT2D eigenvalue weighted by atomic mass is 9.75. The van der Waals surface area contributed by atoms with Crippen molar-refractivity contribution in [1.82, 2.24) is 4.98 Å². The lowest BCUT2D eigenvalue weighted by Crippen LogP contribution is -2.36. The Bertz CT molecular complexity index is 647. The van der Waals surface area contributed by atoms with Gasteiger partial charge in [0.25, 0.3) is 0 Å². The molecule has 1 aliphatic rings. The number of halogens is 1. The number of aromatic nitrogens is 1. The summed E-state index contributed by atoms with van der Waals surface area (Å²) in [6.45, 7) is 1.80. The van der Waals surface area contributed by atoms with Gasteiger partial charge in [0.15, 0.2) is 0 Å². The summed E-state index contributed by atoms with van der Waals surface area (Å²) in [4.78, 5) is 14.8. The zero-order chi connectivity index (χ0) is 12.9. The predicted molar refractivity (Wildman–Crippen MR) is 71.2 cm³/mol. The number of aliphatic carboxylic acids is 1. The van der Waals surface area contributed by atoms with Gasteiger partial charge in [-0.1, -0.05) is 11.6 Å². The molecule has 18 heavy (non-hydrogen) atoms. The first-order valence-electron chi connectivity index (χ1n) is 6.06. The Balaban J connectivity index is 2.31. The maximum atomic E-state index is 11.5. The quantitative estimate of drug-likeness (QED) is 0.827. The third kappa shape index (κ3) is 1.47. The highest BCUT2D eigenvalue weighted by molar-refractivity contribution is 6.31. The van der Waals surface area contributed by atoms with Gasteiger partial charge in [0, 0.05) is 21.6 Å². The Hall–Kier alpha value is -1.48. The van der Waals surface area contributed by atoms with Crippen LogP contribution in [0.3, 0.4) is 0 Å². The second kappa shape index (κ2) is 3.75. The molecule has 0 amide bonds. The van der Waals surface area contributed by atoms with Gasteiger partial charge >= 0.3 is 5.97 Å². The molecule has 1 aliphatic carbocycles. The van der Waals surface area contributed by atoms with Crippen LogP contribution >= 0.6 is 11.6 Å². The molecule has 3 nitrogen and oxygen atoms in total. The van der Waals surface area contributed by atoms with E-state index in [1.54, 1.807) is 6.92 Å². The minimum atomic E-state index is -0.806. The molecule has 1 unspecified atom stereocenters. The maximum absolute atomic E-state index is 11.5. The Morgan fingerprint density at radius 2 is 2.28 bits per heavy atom. The SMILES string of the molecule is CC1(C(=O)O)CCCc2c1[nH]c1ccc(Cl)cc21. The Morgan fingerprint density at radius 3 is 3.00 bits per heavy atom. The number of aryl methyl sites for hydroxylation is 1. The first-order chi connectivity index (χ1) is 8.52. The molecule has 0 fully saturated rings. The van der Waals surface area contributed by atoms with E-state index in [0.29, 0.717) is 11.4 Å². The van der Waals surface area contributed by atoms with Crippen LogP contribution in [0.5, 0.6) is 0 Å². The van der Waals surface area contributed by atoms with Crippen molar-refractivity contribution in [1.29, 1.82) is 0 Å². The van der Waals surface area contributed by atoms with E-state index in [9.17, 15) is 9.90 Å². The lowest BCUT2D eigenvalue weighted by Gasteiger charge is -2.29. The molecule has 3 rings (SSSR count). The Labute approximate surface area is 110 Å². The second-order valence-electron chi connectivity index (χ2n) is 5.16. The molecular formula is C14H14ClNO2. The van der Waals surface area contributed by atoms with Gasteiger partial charge in [0.05, 0.1) is 0 Å². The molecular weight excluding hydrogens is 250 g/mol. The van der Waals surface area contributed by atoms with E-state index < -0.39 is 11.4 Å². The van der Waals surface area contributed by atoms with Gasteiger partial charge in [-0.25, -0.2) is 0 Å². The monoisotopic (exact) mass is 263 g/mol. The van der Waals surface area contributed by atoms with Gasteiger partial charge in [0.2, 0.25) is 0 Å². The van der Waals surface area contributed by atoms with Gasteiger partial charge in [-0.3, -0.25) is 4.79 Å². The van der Waals surface area contributed by atoms with E-state index in [2.05, 4.69) is 4.98 Å². The summed E-state index contributed by atoms with van der Waals surface area (Å²) in [7, 11) is 0. The Kier molecular flexibility index (Phi) is 2.42. The molecule has 1 heterocycles.